The fourth-order valence-electron chi connectivity index (χ4n) is 0.919. The SMILES string of the molecule is CCCCC/C=C\CC(Cl)(Cl)C=O. The molecule has 0 aliphatic rings. The van der Waals surface area contributed by atoms with Gasteiger partial charge >= 0.3 is 0 Å². The first-order chi connectivity index (χ1) is 6.12. The van der Waals surface area contributed by atoms with E-state index >= 15 is 0 Å². The summed E-state index contributed by atoms with van der Waals surface area (Å²) in [6.07, 6.45) is 9.53. The van der Waals surface area contributed by atoms with Crippen LogP contribution >= 0.6 is 23.2 Å². The topological polar surface area (TPSA) is 17.1 Å². The quantitative estimate of drug-likeness (QED) is 0.277. The second-order valence-corrected chi connectivity index (χ2v) is 4.59. The number of hydrogen-bond acceptors (Lipinski definition) is 1. The summed E-state index contributed by atoms with van der Waals surface area (Å²) in [5.41, 5.74) is 0. The van der Waals surface area contributed by atoms with Crippen LogP contribution in [-0.4, -0.2) is 10.6 Å². The molecule has 76 valence electrons. The first-order valence-electron chi connectivity index (χ1n) is 4.61. The second kappa shape index (κ2) is 7.40. The van der Waals surface area contributed by atoms with Gasteiger partial charge in [0.25, 0.3) is 0 Å². The number of halogens is 2. The molecule has 0 saturated carbocycles. The molecule has 0 aliphatic heterocycles. The molecule has 0 heterocycles. The highest BCUT2D eigenvalue weighted by molar-refractivity contribution is 6.55. The molecule has 0 atom stereocenters. The van der Waals surface area contributed by atoms with E-state index in [1.54, 1.807) is 0 Å². The molecule has 0 aromatic heterocycles. The fourth-order valence-corrected chi connectivity index (χ4v) is 1.10. The Hall–Kier alpha value is -0.0100. The van der Waals surface area contributed by atoms with Crippen LogP contribution in [0.1, 0.15) is 39.0 Å². The highest BCUT2D eigenvalue weighted by Gasteiger charge is 2.19. The molecule has 0 aliphatic carbocycles. The Balaban J connectivity index is 3.46. The van der Waals surface area contributed by atoms with Gasteiger partial charge in [0, 0.05) is 6.42 Å². The van der Waals surface area contributed by atoms with Gasteiger partial charge in [0.15, 0.2) is 10.6 Å². The molecular weight excluding hydrogens is 207 g/mol. The van der Waals surface area contributed by atoms with Crippen LogP contribution in [0.15, 0.2) is 12.2 Å². The summed E-state index contributed by atoms with van der Waals surface area (Å²) in [4.78, 5) is 10.3. The molecule has 3 heteroatoms. The van der Waals surface area contributed by atoms with E-state index in [9.17, 15) is 4.79 Å². The number of carbonyl (C=O) groups is 1. The van der Waals surface area contributed by atoms with Crippen molar-refractivity contribution >= 4 is 29.5 Å². The van der Waals surface area contributed by atoms with Gasteiger partial charge in [-0.2, -0.15) is 0 Å². The third-order valence-corrected chi connectivity index (χ3v) is 2.19. The van der Waals surface area contributed by atoms with Gasteiger partial charge in [0.1, 0.15) is 0 Å². The van der Waals surface area contributed by atoms with Crippen molar-refractivity contribution in [2.24, 2.45) is 0 Å². The van der Waals surface area contributed by atoms with Crippen LogP contribution in [0.5, 0.6) is 0 Å². The number of hydrogen-bond donors (Lipinski definition) is 0. The summed E-state index contributed by atoms with van der Waals surface area (Å²) in [6, 6.07) is 0. The number of aldehydes is 1. The summed E-state index contributed by atoms with van der Waals surface area (Å²) >= 11 is 11.2. The van der Waals surface area contributed by atoms with Crippen molar-refractivity contribution in [1.29, 1.82) is 0 Å². The number of carbonyl (C=O) groups excluding carboxylic acids is 1. The van der Waals surface area contributed by atoms with Gasteiger partial charge in [-0.1, -0.05) is 55.1 Å². The van der Waals surface area contributed by atoms with Gasteiger partial charge in [-0.25, -0.2) is 0 Å². The summed E-state index contributed by atoms with van der Waals surface area (Å²) in [6.45, 7) is 2.17. The average molecular weight is 223 g/mol. The first-order valence-corrected chi connectivity index (χ1v) is 5.37. The van der Waals surface area contributed by atoms with Crippen molar-refractivity contribution in [2.75, 3.05) is 0 Å². The van der Waals surface area contributed by atoms with Crippen LogP contribution in [0, 0.1) is 0 Å². The van der Waals surface area contributed by atoms with Crippen molar-refractivity contribution in [3.63, 3.8) is 0 Å². The van der Waals surface area contributed by atoms with Crippen molar-refractivity contribution in [1.82, 2.24) is 0 Å². The van der Waals surface area contributed by atoms with Crippen molar-refractivity contribution in [3.8, 4) is 0 Å². The van der Waals surface area contributed by atoms with E-state index in [-0.39, 0.29) is 0 Å². The van der Waals surface area contributed by atoms with Gasteiger partial charge in [-0.3, -0.25) is 4.79 Å². The third kappa shape index (κ3) is 8.32. The highest BCUT2D eigenvalue weighted by Crippen LogP contribution is 2.22. The molecule has 0 N–H and O–H groups in total. The van der Waals surface area contributed by atoms with Gasteiger partial charge in [-0.15, -0.1) is 0 Å². The minimum atomic E-state index is -1.23. The van der Waals surface area contributed by atoms with E-state index in [1.807, 2.05) is 12.2 Å². The van der Waals surface area contributed by atoms with E-state index in [2.05, 4.69) is 6.92 Å². The minimum absolute atomic E-state index is 0.395. The maximum absolute atomic E-state index is 10.3. The van der Waals surface area contributed by atoms with Crippen LogP contribution in [0.2, 0.25) is 0 Å². The molecule has 13 heavy (non-hydrogen) atoms. The molecule has 0 amide bonds. The van der Waals surface area contributed by atoms with Crippen LogP contribution < -0.4 is 0 Å². The Labute approximate surface area is 90.1 Å². The van der Waals surface area contributed by atoms with Crippen LogP contribution in [0.3, 0.4) is 0 Å². The van der Waals surface area contributed by atoms with Gasteiger partial charge in [0.05, 0.1) is 0 Å². The number of rotatable bonds is 7. The Kier molecular flexibility index (Phi) is 7.39. The van der Waals surface area contributed by atoms with E-state index < -0.39 is 4.33 Å². The number of unbranched alkanes of at least 4 members (excludes halogenated alkanes) is 3. The monoisotopic (exact) mass is 222 g/mol. The molecule has 0 saturated heterocycles. The standard InChI is InChI=1S/C10H16Cl2O/c1-2-3-4-5-6-7-8-10(11,12)9-13/h6-7,9H,2-5,8H2,1H3/b7-6-. The molecule has 0 radical (unpaired) electrons. The first kappa shape index (κ1) is 13.0. The Morgan fingerprint density at radius 3 is 2.46 bits per heavy atom. The molecule has 1 nitrogen and oxygen atoms in total. The summed E-state index contributed by atoms with van der Waals surface area (Å²) in [7, 11) is 0. The van der Waals surface area contributed by atoms with Crippen molar-refractivity contribution in [2.45, 2.75) is 43.4 Å². The van der Waals surface area contributed by atoms with Crippen LogP contribution in [-0.2, 0) is 4.79 Å². The number of allylic oxidation sites excluding steroid dienone is 2. The third-order valence-electron chi connectivity index (χ3n) is 1.70. The lowest BCUT2D eigenvalue weighted by atomic mass is 10.2. The molecule has 0 bridgehead atoms. The summed E-state index contributed by atoms with van der Waals surface area (Å²) < 4.78 is -1.23. The van der Waals surface area contributed by atoms with E-state index in [1.165, 1.54) is 19.3 Å². The Bertz CT molecular complexity index is 164. The lowest BCUT2D eigenvalue weighted by Gasteiger charge is -2.06. The lowest BCUT2D eigenvalue weighted by molar-refractivity contribution is -0.108. The molecular formula is C10H16Cl2O. The predicted molar refractivity (Wildman–Crippen MR) is 58.4 cm³/mol. The predicted octanol–water partition coefficient (Wildman–Crippen LogP) is 3.89. The van der Waals surface area contributed by atoms with Crippen molar-refractivity contribution in [3.05, 3.63) is 12.2 Å². The van der Waals surface area contributed by atoms with Gasteiger partial charge in [-0.05, 0) is 12.8 Å². The van der Waals surface area contributed by atoms with Gasteiger partial charge < -0.3 is 0 Å². The van der Waals surface area contributed by atoms with Crippen LogP contribution in [0.4, 0.5) is 0 Å². The minimum Gasteiger partial charge on any atom is -0.300 e. The molecule has 0 fully saturated rings. The largest absolute Gasteiger partial charge is 0.300 e. The summed E-state index contributed by atoms with van der Waals surface area (Å²) in [5.74, 6) is 0. The average Bonchev–Trinajstić information content (AvgIpc) is 2.11. The van der Waals surface area contributed by atoms with E-state index in [0.29, 0.717) is 12.7 Å². The maximum Gasteiger partial charge on any atom is 0.176 e. The second-order valence-electron chi connectivity index (χ2n) is 3.05. The highest BCUT2D eigenvalue weighted by atomic mass is 35.5. The lowest BCUT2D eigenvalue weighted by Crippen LogP contribution is -2.12. The molecule has 0 rings (SSSR count). The molecule has 0 unspecified atom stereocenters. The molecule has 0 aromatic rings. The zero-order valence-corrected chi connectivity index (χ0v) is 9.44. The van der Waals surface area contributed by atoms with Crippen LogP contribution in [0.25, 0.3) is 0 Å². The maximum atomic E-state index is 10.3. The molecule has 0 spiro atoms. The summed E-state index contributed by atoms with van der Waals surface area (Å²) in [5, 5.41) is 0. The Morgan fingerprint density at radius 1 is 1.23 bits per heavy atom. The zero-order chi connectivity index (χ0) is 10.2. The zero-order valence-electron chi connectivity index (χ0n) is 7.93. The normalized spacial score (nSPS) is 12.2. The number of alkyl halides is 2. The van der Waals surface area contributed by atoms with E-state index in [0.717, 1.165) is 6.42 Å². The van der Waals surface area contributed by atoms with Gasteiger partial charge in [0.2, 0.25) is 0 Å². The van der Waals surface area contributed by atoms with E-state index in [4.69, 9.17) is 23.2 Å². The fraction of sp³-hybridized carbons (Fsp3) is 0.700. The van der Waals surface area contributed by atoms with Crippen molar-refractivity contribution < 1.29 is 4.79 Å². The Morgan fingerprint density at radius 2 is 1.92 bits per heavy atom. The molecule has 0 aromatic carbocycles. The smallest absolute Gasteiger partial charge is 0.176 e.